The van der Waals surface area contributed by atoms with Gasteiger partial charge in [-0.2, -0.15) is 0 Å². The lowest BCUT2D eigenvalue weighted by molar-refractivity contribution is -0.156. The number of esters is 4. The molecule has 0 aromatic heterocycles. The van der Waals surface area contributed by atoms with Crippen molar-refractivity contribution in [1.82, 2.24) is 0 Å². The lowest BCUT2D eigenvalue weighted by Gasteiger charge is -2.35. The molecule has 9 heteroatoms. The van der Waals surface area contributed by atoms with Crippen LogP contribution in [0.25, 0.3) is 0 Å². The van der Waals surface area contributed by atoms with Gasteiger partial charge in [0.1, 0.15) is 27.8 Å². The van der Waals surface area contributed by atoms with Gasteiger partial charge in [-0.25, -0.2) is 19.2 Å². The van der Waals surface area contributed by atoms with E-state index in [1.807, 2.05) is 0 Å². The molecule has 216 valence electrons. The predicted octanol–water partition coefficient (Wildman–Crippen LogP) is 4.89. The van der Waals surface area contributed by atoms with Crippen molar-refractivity contribution in [3.05, 3.63) is 47.6 Å². The molecule has 0 aliphatic heterocycles. The molecule has 0 radical (unpaired) electrons. The van der Waals surface area contributed by atoms with Gasteiger partial charge in [-0.05, 0) is 89.2 Å². The summed E-state index contributed by atoms with van der Waals surface area (Å²) in [4.78, 5) is 66.9. The molecule has 0 fully saturated rings. The van der Waals surface area contributed by atoms with Crippen molar-refractivity contribution < 1.29 is 42.9 Å². The van der Waals surface area contributed by atoms with E-state index >= 15 is 0 Å². The maximum Gasteiger partial charge on any atom is 0.336 e. The van der Waals surface area contributed by atoms with Crippen LogP contribution >= 0.6 is 0 Å². The monoisotopic (exact) mass is 546 g/mol. The maximum absolute atomic E-state index is 13.7. The van der Waals surface area contributed by atoms with E-state index < -0.39 is 68.6 Å². The van der Waals surface area contributed by atoms with Gasteiger partial charge in [0.2, 0.25) is 0 Å². The van der Waals surface area contributed by atoms with Gasteiger partial charge in [0.15, 0.2) is 5.78 Å². The molecule has 0 unspecified atom stereocenters. The Labute approximate surface area is 231 Å². The van der Waals surface area contributed by atoms with E-state index in [0.29, 0.717) is 0 Å². The van der Waals surface area contributed by atoms with Crippen LogP contribution in [-0.4, -0.2) is 52.1 Å². The fourth-order valence-corrected chi connectivity index (χ4v) is 3.38. The first kappa shape index (κ1) is 33.5. The second kappa shape index (κ2) is 11.7. The molecule has 0 bridgehead atoms. The number of allylic oxidation sites excluding steroid dienone is 4. The van der Waals surface area contributed by atoms with E-state index in [0.717, 1.165) is 18.2 Å². The smallest absolute Gasteiger partial charge is 0.336 e. The second-order valence-corrected chi connectivity index (χ2v) is 13.1. The number of carbonyl (C=O) groups is 5. The third-order valence-corrected chi connectivity index (χ3v) is 4.52. The quantitative estimate of drug-likeness (QED) is 0.260. The Hall–Kier alpha value is -3.49. The van der Waals surface area contributed by atoms with Gasteiger partial charge >= 0.3 is 23.9 Å². The average Bonchev–Trinajstić information content (AvgIpc) is 2.66. The molecule has 0 atom stereocenters. The molecule has 0 amide bonds. The number of carbonyl (C=O) groups excluding carboxylic acids is 5. The Morgan fingerprint density at radius 2 is 0.923 bits per heavy atom. The van der Waals surface area contributed by atoms with E-state index in [1.54, 1.807) is 83.1 Å². The lowest BCUT2D eigenvalue weighted by Crippen LogP contribution is -2.43. The Bertz CT molecular complexity index is 1050. The largest absolute Gasteiger partial charge is 0.457 e. The number of ketones is 1. The Kier molecular flexibility index (Phi) is 10.1. The normalized spacial score (nSPS) is 18.9. The van der Waals surface area contributed by atoms with Gasteiger partial charge in [0, 0.05) is 12.2 Å². The molecule has 0 N–H and O–H groups in total. The van der Waals surface area contributed by atoms with Gasteiger partial charge in [0.25, 0.3) is 0 Å². The van der Waals surface area contributed by atoms with Gasteiger partial charge in [-0.15, -0.1) is 0 Å². The molecule has 1 aliphatic rings. The Balaban J connectivity index is 4.13. The van der Waals surface area contributed by atoms with Crippen molar-refractivity contribution >= 4 is 29.7 Å². The van der Waals surface area contributed by atoms with E-state index in [-0.39, 0.29) is 0 Å². The summed E-state index contributed by atoms with van der Waals surface area (Å²) in [7, 11) is 0. The van der Waals surface area contributed by atoms with Crippen molar-refractivity contribution in [2.75, 3.05) is 0 Å². The summed E-state index contributed by atoms with van der Waals surface area (Å²) >= 11 is 0. The van der Waals surface area contributed by atoms with Crippen LogP contribution in [0.5, 0.6) is 0 Å². The summed E-state index contributed by atoms with van der Waals surface area (Å²) in [6.45, 7) is 19.4. The first-order chi connectivity index (χ1) is 17.4. The number of rotatable bonds is 6. The van der Waals surface area contributed by atoms with Gasteiger partial charge in [0.05, 0.1) is 11.1 Å². The summed E-state index contributed by atoms with van der Waals surface area (Å²) in [6.07, 6.45) is 6.82. The molecular formula is C30H42O9. The Morgan fingerprint density at radius 3 is 1.21 bits per heavy atom. The Morgan fingerprint density at radius 1 is 0.590 bits per heavy atom. The lowest BCUT2D eigenvalue weighted by atomic mass is 9.67. The number of hydrogen-bond donors (Lipinski definition) is 0. The maximum atomic E-state index is 13.7. The molecule has 0 aromatic rings. The van der Waals surface area contributed by atoms with Crippen LogP contribution in [0.4, 0.5) is 0 Å². The van der Waals surface area contributed by atoms with Crippen molar-refractivity contribution in [3.63, 3.8) is 0 Å². The summed E-state index contributed by atoms with van der Waals surface area (Å²) < 4.78 is 21.9. The minimum atomic E-state index is -2.27. The topological polar surface area (TPSA) is 122 Å². The molecular weight excluding hydrogens is 504 g/mol. The molecule has 0 spiro atoms. The second-order valence-electron chi connectivity index (χ2n) is 13.1. The SMILES string of the molecule is CC(C)(C)OC(=O)/C=C(\C(=O)OC(C)(C)C)C1(/C(=C/C(=O)OC(C)(C)C)C(=O)OC(C)(C)C)C=CC=CC1=O. The van der Waals surface area contributed by atoms with Gasteiger partial charge < -0.3 is 18.9 Å². The molecule has 0 saturated carbocycles. The number of hydrogen-bond acceptors (Lipinski definition) is 9. The summed E-state index contributed by atoms with van der Waals surface area (Å²) in [5.74, 6) is -4.84. The van der Waals surface area contributed by atoms with Crippen LogP contribution in [0.2, 0.25) is 0 Å². The molecule has 0 aromatic carbocycles. The summed E-state index contributed by atoms with van der Waals surface area (Å²) in [5.41, 5.74) is -7.28. The summed E-state index contributed by atoms with van der Waals surface area (Å²) in [5, 5.41) is 0. The van der Waals surface area contributed by atoms with E-state index in [9.17, 15) is 24.0 Å². The first-order valence-electron chi connectivity index (χ1n) is 12.6. The minimum Gasteiger partial charge on any atom is -0.457 e. The fourth-order valence-electron chi connectivity index (χ4n) is 3.38. The van der Waals surface area contributed by atoms with Crippen molar-refractivity contribution in [3.8, 4) is 0 Å². The van der Waals surface area contributed by atoms with Crippen LogP contribution in [-0.2, 0) is 42.9 Å². The van der Waals surface area contributed by atoms with Crippen LogP contribution in [0.1, 0.15) is 83.1 Å². The van der Waals surface area contributed by atoms with E-state index in [2.05, 4.69) is 0 Å². The fraction of sp³-hybridized carbons (Fsp3) is 0.567. The molecule has 0 saturated heterocycles. The van der Waals surface area contributed by atoms with Crippen LogP contribution < -0.4 is 0 Å². The molecule has 39 heavy (non-hydrogen) atoms. The molecule has 9 nitrogen and oxygen atoms in total. The van der Waals surface area contributed by atoms with Crippen LogP contribution in [0.15, 0.2) is 47.6 Å². The minimum absolute atomic E-state index is 0.530. The van der Waals surface area contributed by atoms with Gasteiger partial charge in [-0.1, -0.05) is 18.2 Å². The third-order valence-electron chi connectivity index (χ3n) is 4.52. The standard InChI is InChI=1S/C30H42O9/c1-26(2,3)36-22(32)17-19(24(34)38-28(7,8)9)30(16-14-13-15-21(30)31)20(25(35)39-29(10,11)12)18-23(33)37-27(4,5)6/h13-18H,1-12H3/b19-17+,20-18+. The molecule has 1 rings (SSSR count). The first-order valence-corrected chi connectivity index (χ1v) is 12.6. The zero-order chi connectivity index (χ0) is 30.6. The average molecular weight is 547 g/mol. The highest BCUT2D eigenvalue weighted by atomic mass is 16.6. The highest BCUT2D eigenvalue weighted by molar-refractivity contribution is 6.17. The summed E-state index contributed by atoms with van der Waals surface area (Å²) in [6, 6.07) is 0. The highest BCUT2D eigenvalue weighted by Gasteiger charge is 2.51. The molecule has 1 aliphatic carbocycles. The van der Waals surface area contributed by atoms with E-state index in [4.69, 9.17) is 18.9 Å². The number of ether oxygens (including phenoxy) is 4. The highest BCUT2D eigenvalue weighted by Crippen LogP contribution is 2.43. The van der Waals surface area contributed by atoms with Crippen molar-refractivity contribution in [2.24, 2.45) is 5.41 Å². The zero-order valence-corrected chi connectivity index (χ0v) is 25.1. The van der Waals surface area contributed by atoms with E-state index in [1.165, 1.54) is 18.2 Å². The zero-order valence-electron chi connectivity index (χ0n) is 25.1. The van der Waals surface area contributed by atoms with Gasteiger partial charge in [-0.3, -0.25) is 4.79 Å². The predicted molar refractivity (Wildman–Crippen MR) is 145 cm³/mol. The van der Waals surface area contributed by atoms with Crippen molar-refractivity contribution in [1.29, 1.82) is 0 Å². The van der Waals surface area contributed by atoms with Crippen molar-refractivity contribution in [2.45, 2.75) is 105 Å². The third kappa shape index (κ3) is 10.7. The van der Waals surface area contributed by atoms with Crippen LogP contribution in [0, 0.1) is 5.41 Å². The van der Waals surface area contributed by atoms with Crippen LogP contribution in [0.3, 0.4) is 0 Å². The molecule has 0 heterocycles.